The summed E-state index contributed by atoms with van der Waals surface area (Å²) in [7, 11) is 0. The van der Waals surface area contributed by atoms with Gasteiger partial charge in [0.25, 0.3) is 11.5 Å². The second-order valence-corrected chi connectivity index (χ2v) is 11.7. The molecule has 1 aromatic heterocycles. The highest BCUT2D eigenvalue weighted by Gasteiger charge is 2.36. The maximum atomic E-state index is 13.4. The second-order valence-electron chi connectivity index (χ2n) is 8.02. The van der Waals surface area contributed by atoms with Crippen LogP contribution in [0.25, 0.3) is 10.5 Å². The first-order chi connectivity index (χ1) is 16.7. The number of fused-ring (bicyclic) bond motifs is 3. The Bertz CT molecular complexity index is 1540. The molecule has 3 aliphatic heterocycles. The minimum atomic E-state index is -1.23. The second kappa shape index (κ2) is 8.97. The lowest BCUT2D eigenvalue weighted by molar-refractivity contribution is -0.140. The van der Waals surface area contributed by atoms with Crippen molar-refractivity contribution < 1.29 is 24.6 Å². The highest BCUT2D eigenvalue weighted by atomic mass is 32.2. The summed E-state index contributed by atoms with van der Waals surface area (Å²) in [4.78, 5) is 53.5. The van der Waals surface area contributed by atoms with Gasteiger partial charge in [0.1, 0.15) is 27.0 Å². The van der Waals surface area contributed by atoms with Crippen LogP contribution >= 0.6 is 47.1 Å². The quantitative estimate of drug-likeness (QED) is 0.542. The van der Waals surface area contributed by atoms with Gasteiger partial charge in [0.15, 0.2) is 0 Å². The fourth-order valence-corrected chi connectivity index (χ4v) is 7.93. The Labute approximate surface area is 216 Å². The molecule has 1 atom stereocenters. The molecule has 1 saturated heterocycles. The van der Waals surface area contributed by atoms with Gasteiger partial charge in [-0.25, -0.2) is 0 Å². The Kier molecular flexibility index (Phi) is 6.11. The molecule has 0 aliphatic carbocycles. The summed E-state index contributed by atoms with van der Waals surface area (Å²) in [5.41, 5.74) is 1.39. The van der Waals surface area contributed by atoms with E-state index in [2.05, 4.69) is 11.0 Å². The lowest BCUT2D eigenvalue weighted by Crippen LogP contribution is -2.38. The number of anilines is 1. The number of benzene rings is 1. The van der Waals surface area contributed by atoms with Crippen molar-refractivity contribution >= 4 is 85.4 Å². The van der Waals surface area contributed by atoms with Gasteiger partial charge in [-0.05, 0) is 23.8 Å². The Morgan fingerprint density at radius 1 is 1.11 bits per heavy atom. The molecule has 4 heterocycles. The van der Waals surface area contributed by atoms with Gasteiger partial charge >= 0.3 is 11.9 Å². The van der Waals surface area contributed by atoms with Crippen LogP contribution < -0.4 is 19.7 Å². The number of hydrogen-bond acceptors (Lipinski definition) is 9. The number of para-hydroxylation sites is 1. The highest BCUT2D eigenvalue weighted by molar-refractivity contribution is 8.30. The maximum absolute atomic E-state index is 13.4. The van der Waals surface area contributed by atoms with E-state index in [1.807, 2.05) is 31.2 Å². The number of amides is 1. The summed E-state index contributed by atoms with van der Waals surface area (Å²) in [6, 6.07) is 8.04. The third-order valence-electron chi connectivity index (χ3n) is 5.68. The van der Waals surface area contributed by atoms with E-state index in [-0.39, 0.29) is 19.8 Å². The third kappa shape index (κ3) is 4.11. The number of thiazole rings is 1. The molecule has 35 heavy (non-hydrogen) atoms. The predicted octanol–water partition coefficient (Wildman–Crippen LogP) is 1.30. The number of allylic oxidation sites excluding steroid dienone is 1. The average Bonchev–Trinajstić information content (AvgIpc) is 3.40. The Hall–Kier alpha value is -2.87. The van der Waals surface area contributed by atoms with Crippen molar-refractivity contribution in [3.8, 4) is 0 Å². The molecule has 2 N–H and O–H groups in total. The average molecular weight is 548 g/mol. The summed E-state index contributed by atoms with van der Waals surface area (Å²) < 4.78 is 1.64. The number of thiocarbonyl (C=S) groups is 1. The zero-order valence-electron chi connectivity index (χ0n) is 18.1. The van der Waals surface area contributed by atoms with Crippen LogP contribution in [-0.4, -0.2) is 54.9 Å². The molecule has 0 saturated carbocycles. The maximum Gasteiger partial charge on any atom is 0.323 e. The number of aromatic nitrogens is 1. The van der Waals surface area contributed by atoms with E-state index in [1.54, 1.807) is 11.8 Å². The van der Waals surface area contributed by atoms with Crippen molar-refractivity contribution in [1.82, 2.24) is 9.47 Å². The van der Waals surface area contributed by atoms with Crippen LogP contribution in [0.2, 0.25) is 0 Å². The van der Waals surface area contributed by atoms with Gasteiger partial charge in [-0.3, -0.25) is 28.6 Å². The van der Waals surface area contributed by atoms with Crippen LogP contribution in [0.4, 0.5) is 5.69 Å². The number of thioether (sulfide) groups is 2. The molecule has 1 amide bonds. The van der Waals surface area contributed by atoms with Crippen LogP contribution in [0.5, 0.6) is 0 Å². The molecule has 13 heteroatoms. The smallest absolute Gasteiger partial charge is 0.323 e. The first kappa shape index (κ1) is 23.9. The summed E-state index contributed by atoms with van der Waals surface area (Å²) in [5.74, 6) is -3.14. The molecule has 0 bridgehead atoms. The minimum absolute atomic E-state index is 0.0375. The number of aliphatic carboxylic acids is 2. The summed E-state index contributed by atoms with van der Waals surface area (Å²) in [6.07, 6.45) is 1.95. The van der Waals surface area contributed by atoms with Crippen molar-refractivity contribution in [2.45, 2.75) is 18.4 Å². The topological polar surface area (TPSA) is 120 Å². The number of carboxylic acids is 2. The lowest BCUT2D eigenvalue weighted by Gasteiger charge is -2.29. The molecular formula is C22H17N3O6S4. The molecule has 1 fully saturated rings. The molecule has 9 nitrogen and oxygen atoms in total. The van der Waals surface area contributed by atoms with E-state index in [0.717, 1.165) is 53.8 Å². The lowest BCUT2D eigenvalue weighted by atomic mass is 9.97. The fourth-order valence-electron chi connectivity index (χ4n) is 4.12. The zero-order chi connectivity index (χ0) is 25.0. The molecule has 1 aromatic carbocycles. The van der Waals surface area contributed by atoms with Crippen molar-refractivity contribution in [2.24, 2.45) is 5.92 Å². The van der Waals surface area contributed by atoms with E-state index in [9.17, 15) is 24.3 Å². The summed E-state index contributed by atoms with van der Waals surface area (Å²) in [6.45, 7) is 1.42. The van der Waals surface area contributed by atoms with Crippen LogP contribution in [0.15, 0.2) is 45.1 Å². The van der Waals surface area contributed by atoms with Crippen molar-refractivity contribution in [2.75, 3.05) is 18.0 Å². The number of carboxylic acid groups (broad SMARTS) is 2. The minimum Gasteiger partial charge on any atom is -0.480 e. The van der Waals surface area contributed by atoms with Crippen molar-refractivity contribution in [1.29, 1.82) is 0 Å². The van der Waals surface area contributed by atoms with Gasteiger partial charge < -0.3 is 15.1 Å². The van der Waals surface area contributed by atoms with Crippen molar-refractivity contribution in [3.05, 3.63) is 54.9 Å². The van der Waals surface area contributed by atoms with Crippen LogP contribution in [0.1, 0.15) is 6.92 Å². The van der Waals surface area contributed by atoms with E-state index in [0.29, 0.717) is 11.1 Å². The van der Waals surface area contributed by atoms with Crippen LogP contribution in [-0.2, 0) is 20.9 Å². The van der Waals surface area contributed by atoms with Gasteiger partial charge in [0.2, 0.25) is 0 Å². The number of hydrogen-bond donors (Lipinski definition) is 2. The highest BCUT2D eigenvalue weighted by Crippen LogP contribution is 2.48. The van der Waals surface area contributed by atoms with E-state index >= 15 is 0 Å². The fraction of sp³-hybridized carbons (Fsp3) is 0.227. The molecule has 180 valence electrons. The summed E-state index contributed by atoms with van der Waals surface area (Å²) >= 11 is 8.70. The third-order valence-corrected chi connectivity index (χ3v) is 9.59. The number of carbonyl (C=O) groups excluding carboxylic acids is 1. The van der Waals surface area contributed by atoms with Gasteiger partial charge in [-0.15, -0.1) is 11.3 Å². The molecule has 3 aliphatic rings. The van der Waals surface area contributed by atoms with Crippen LogP contribution in [0.3, 0.4) is 0 Å². The first-order valence-electron chi connectivity index (χ1n) is 10.4. The van der Waals surface area contributed by atoms with Gasteiger partial charge in [-0.2, -0.15) is 0 Å². The molecule has 1 unspecified atom stereocenters. The normalized spacial score (nSPS) is 22.3. The van der Waals surface area contributed by atoms with Gasteiger partial charge in [0, 0.05) is 17.4 Å². The van der Waals surface area contributed by atoms with E-state index in [4.69, 9.17) is 17.3 Å². The number of rotatable bonds is 4. The number of nitrogens with zero attached hydrogens (tertiary/aromatic N) is 3. The SMILES string of the molecule is CC1CN2C(=C/C1=c1/s/c(=C3/SC(=S)N(CC(=O)O)C3=O)n(CC(=O)O)c1=O)Sc1ccccc12. The molecule has 5 rings (SSSR count). The zero-order valence-corrected chi connectivity index (χ0v) is 21.4. The first-order valence-corrected chi connectivity index (χ1v) is 13.2. The largest absolute Gasteiger partial charge is 0.480 e. The Morgan fingerprint density at radius 3 is 2.54 bits per heavy atom. The summed E-state index contributed by atoms with van der Waals surface area (Å²) in [5, 5.41) is 19.5. The molecule has 2 aromatic rings. The number of carbonyl (C=O) groups is 3. The van der Waals surface area contributed by atoms with Gasteiger partial charge in [-0.1, -0.05) is 54.8 Å². The van der Waals surface area contributed by atoms with Crippen molar-refractivity contribution in [3.63, 3.8) is 0 Å². The molecular weight excluding hydrogens is 531 g/mol. The van der Waals surface area contributed by atoms with E-state index in [1.165, 1.54) is 0 Å². The molecule has 0 spiro atoms. The Balaban J connectivity index is 1.71. The standard InChI is InChI=1S/C22H17N3O6S4/c1-10-7-23-12-4-2-3-5-13(12)33-14(23)6-11(10)17-19(30)24(8-15(26)27)21(34-17)18-20(31)25(9-16(28)29)22(32)35-18/h2-6,10H,7-9H2,1H3,(H,26,27)(H,28,29)/b17-11-,21-18+. The Morgan fingerprint density at radius 2 is 1.83 bits per heavy atom. The predicted molar refractivity (Wildman–Crippen MR) is 139 cm³/mol. The van der Waals surface area contributed by atoms with E-state index < -0.39 is 36.5 Å². The monoisotopic (exact) mass is 547 g/mol. The van der Waals surface area contributed by atoms with Crippen LogP contribution in [0, 0.1) is 5.92 Å². The molecule has 0 radical (unpaired) electrons. The van der Waals surface area contributed by atoms with Gasteiger partial charge in [0.05, 0.1) is 15.2 Å².